The minimum absolute atomic E-state index is 0.290. The van der Waals surface area contributed by atoms with Gasteiger partial charge in [0.05, 0.1) is 12.3 Å². The zero-order chi connectivity index (χ0) is 18.5. The Hall–Kier alpha value is -2.51. The maximum absolute atomic E-state index is 14.3. The third kappa shape index (κ3) is 4.17. The molecule has 0 atom stereocenters. The van der Waals surface area contributed by atoms with Crippen molar-refractivity contribution in [2.24, 2.45) is 0 Å². The van der Waals surface area contributed by atoms with E-state index in [9.17, 15) is 14.0 Å². The third-order valence-electron chi connectivity index (χ3n) is 4.74. The number of amides is 3. The smallest absolute Gasteiger partial charge is 0.409 e. The minimum Gasteiger partial charge on any atom is -0.450 e. The number of rotatable bonds is 3. The van der Waals surface area contributed by atoms with Crippen LogP contribution in [-0.2, 0) is 4.74 Å². The summed E-state index contributed by atoms with van der Waals surface area (Å²) in [5.74, 6) is -0.322. The molecule has 0 aromatic heterocycles. The fraction of sp³-hybridized carbons (Fsp3) is 0.556. The van der Waals surface area contributed by atoms with Crippen LogP contribution in [0, 0.1) is 5.82 Å². The van der Waals surface area contributed by atoms with Crippen molar-refractivity contribution in [1.29, 1.82) is 0 Å². The molecule has 26 heavy (non-hydrogen) atoms. The number of anilines is 2. The van der Waals surface area contributed by atoms with Crippen molar-refractivity contribution in [3.8, 4) is 0 Å². The van der Waals surface area contributed by atoms with Crippen LogP contribution in [0.1, 0.15) is 19.8 Å². The Kier molecular flexibility index (Phi) is 5.80. The molecule has 0 bridgehead atoms. The Morgan fingerprint density at radius 3 is 2.35 bits per heavy atom. The normalized spacial score (nSPS) is 17.4. The summed E-state index contributed by atoms with van der Waals surface area (Å²) in [6.45, 7) is 5.51. The lowest BCUT2D eigenvalue weighted by Gasteiger charge is -2.34. The van der Waals surface area contributed by atoms with E-state index in [0.29, 0.717) is 44.2 Å². The number of urea groups is 1. The molecule has 0 unspecified atom stereocenters. The third-order valence-corrected chi connectivity index (χ3v) is 4.74. The molecule has 2 fully saturated rings. The first kappa shape index (κ1) is 18.3. The van der Waals surface area contributed by atoms with Crippen molar-refractivity contribution in [2.75, 3.05) is 56.1 Å². The lowest BCUT2D eigenvalue weighted by molar-refractivity contribution is 0.0868. The van der Waals surface area contributed by atoms with Crippen molar-refractivity contribution in [3.63, 3.8) is 0 Å². The molecule has 0 saturated carbocycles. The van der Waals surface area contributed by atoms with Gasteiger partial charge in [-0.1, -0.05) is 0 Å². The van der Waals surface area contributed by atoms with Crippen LogP contribution in [0.4, 0.5) is 25.4 Å². The van der Waals surface area contributed by atoms with E-state index in [4.69, 9.17) is 4.74 Å². The quantitative estimate of drug-likeness (QED) is 0.896. The first-order valence-electron chi connectivity index (χ1n) is 9.10. The number of ether oxygens (including phenoxy) is 1. The van der Waals surface area contributed by atoms with Crippen molar-refractivity contribution in [1.82, 2.24) is 9.80 Å². The predicted molar refractivity (Wildman–Crippen MR) is 97.0 cm³/mol. The summed E-state index contributed by atoms with van der Waals surface area (Å²) < 4.78 is 19.3. The molecule has 3 rings (SSSR count). The van der Waals surface area contributed by atoms with Gasteiger partial charge in [0.25, 0.3) is 0 Å². The fourth-order valence-corrected chi connectivity index (χ4v) is 3.31. The first-order valence-corrected chi connectivity index (χ1v) is 9.10. The maximum Gasteiger partial charge on any atom is 0.409 e. The highest BCUT2D eigenvalue weighted by molar-refractivity contribution is 5.89. The Bertz CT molecular complexity index is 656. The molecule has 0 aliphatic carbocycles. The maximum atomic E-state index is 14.3. The van der Waals surface area contributed by atoms with E-state index in [2.05, 4.69) is 5.32 Å². The van der Waals surface area contributed by atoms with Crippen molar-refractivity contribution < 1.29 is 18.7 Å². The molecule has 0 spiro atoms. The predicted octanol–water partition coefficient (Wildman–Crippen LogP) is 2.73. The summed E-state index contributed by atoms with van der Waals surface area (Å²) >= 11 is 0. The molecule has 7 nitrogen and oxygen atoms in total. The summed E-state index contributed by atoms with van der Waals surface area (Å²) in [7, 11) is 0. The molecule has 2 aliphatic heterocycles. The van der Waals surface area contributed by atoms with Crippen molar-refractivity contribution in [3.05, 3.63) is 24.0 Å². The van der Waals surface area contributed by atoms with Crippen LogP contribution >= 0.6 is 0 Å². The number of hydrogen-bond donors (Lipinski definition) is 1. The van der Waals surface area contributed by atoms with Gasteiger partial charge in [0.2, 0.25) is 0 Å². The lowest BCUT2D eigenvalue weighted by atomic mass is 10.2. The Morgan fingerprint density at radius 1 is 1.08 bits per heavy atom. The molecule has 0 radical (unpaired) electrons. The molecule has 2 saturated heterocycles. The van der Waals surface area contributed by atoms with Gasteiger partial charge >= 0.3 is 12.1 Å². The average Bonchev–Trinajstić information content (AvgIpc) is 3.16. The van der Waals surface area contributed by atoms with Crippen LogP contribution in [0.2, 0.25) is 0 Å². The van der Waals surface area contributed by atoms with E-state index in [1.54, 1.807) is 28.9 Å². The van der Waals surface area contributed by atoms with Gasteiger partial charge in [-0.25, -0.2) is 14.0 Å². The number of halogens is 1. The van der Waals surface area contributed by atoms with Gasteiger partial charge in [-0.3, -0.25) is 0 Å². The number of carbonyl (C=O) groups excluding carboxylic acids is 2. The van der Waals surface area contributed by atoms with E-state index >= 15 is 0 Å². The summed E-state index contributed by atoms with van der Waals surface area (Å²) in [6.07, 6.45) is 1.80. The molecule has 1 N–H and O–H groups in total. The van der Waals surface area contributed by atoms with Gasteiger partial charge < -0.3 is 24.8 Å². The summed E-state index contributed by atoms with van der Waals surface area (Å²) in [6, 6.07) is 4.51. The molecule has 142 valence electrons. The molecular weight excluding hydrogens is 339 g/mol. The second-order valence-corrected chi connectivity index (χ2v) is 6.46. The van der Waals surface area contributed by atoms with Crippen molar-refractivity contribution in [2.45, 2.75) is 19.8 Å². The van der Waals surface area contributed by atoms with Crippen LogP contribution in [0.15, 0.2) is 18.2 Å². The highest BCUT2D eigenvalue weighted by atomic mass is 19.1. The second kappa shape index (κ2) is 8.25. The molecule has 8 heteroatoms. The molecule has 2 aliphatic rings. The zero-order valence-electron chi connectivity index (χ0n) is 15.0. The highest BCUT2D eigenvalue weighted by Crippen LogP contribution is 2.26. The van der Waals surface area contributed by atoms with Crippen LogP contribution in [-0.4, -0.2) is 67.8 Å². The van der Waals surface area contributed by atoms with Gasteiger partial charge in [-0.2, -0.15) is 0 Å². The zero-order valence-corrected chi connectivity index (χ0v) is 15.0. The molecular formula is C18H25FN4O3. The number of piperazine rings is 1. The first-order chi connectivity index (χ1) is 12.6. The molecule has 3 amide bonds. The van der Waals surface area contributed by atoms with Gasteiger partial charge in [-0.05, 0) is 38.0 Å². The standard InChI is InChI=1S/C18H25FN4O3/c1-2-26-18(25)23-11-9-22(10-12-23)17(24)20-14-5-6-16(15(19)13-14)21-7-3-4-8-21/h5-6,13H,2-4,7-12H2,1H3,(H,20,24). The van der Waals surface area contributed by atoms with Crippen LogP contribution in [0.25, 0.3) is 0 Å². The SMILES string of the molecule is CCOC(=O)N1CCN(C(=O)Nc2ccc(N3CCCC3)c(F)c2)CC1. The fourth-order valence-electron chi connectivity index (χ4n) is 3.31. The second-order valence-electron chi connectivity index (χ2n) is 6.46. The van der Waals surface area contributed by atoms with E-state index in [-0.39, 0.29) is 17.9 Å². The Balaban J connectivity index is 1.54. The van der Waals surface area contributed by atoms with Crippen LogP contribution < -0.4 is 10.2 Å². The van der Waals surface area contributed by atoms with Crippen LogP contribution in [0.3, 0.4) is 0 Å². The number of nitrogens with zero attached hydrogens (tertiary/aromatic N) is 3. The summed E-state index contributed by atoms with van der Waals surface area (Å²) in [4.78, 5) is 29.3. The number of carbonyl (C=O) groups is 2. The number of nitrogens with one attached hydrogen (secondary N) is 1. The molecule has 1 aromatic carbocycles. The van der Waals surface area contributed by atoms with Gasteiger partial charge in [0.15, 0.2) is 0 Å². The monoisotopic (exact) mass is 364 g/mol. The van der Waals surface area contributed by atoms with Gasteiger partial charge in [-0.15, -0.1) is 0 Å². The number of hydrogen-bond acceptors (Lipinski definition) is 4. The van der Waals surface area contributed by atoms with Crippen molar-refractivity contribution >= 4 is 23.5 Å². The van der Waals surface area contributed by atoms with Gasteiger partial charge in [0, 0.05) is 45.0 Å². The number of benzene rings is 1. The van der Waals surface area contributed by atoms with Crippen LogP contribution in [0.5, 0.6) is 0 Å². The molecule has 1 aromatic rings. The topological polar surface area (TPSA) is 65.1 Å². The lowest BCUT2D eigenvalue weighted by Crippen LogP contribution is -2.51. The average molecular weight is 364 g/mol. The minimum atomic E-state index is -0.355. The van der Waals surface area contributed by atoms with E-state index in [0.717, 1.165) is 25.9 Å². The Morgan fingerprint density at radius 2 is 1.73 bits per heavy atom. The van der Waals surface area contributed by atoms with E-state index < -0.39 is 0 Å². The molecule has 2 heterocycles. The Labute approximate surface area is 152 Å². The summed E-state index contributed by atoms with van der Waals surface area (Å²) in [5.41, 5.74) is 1.02. The van der Waals surface area contributed by atoms with E-state index in [1.165, 1.54) is 6.07 Å². The van der Waals surface area contributed by atoms with E-state index in [1.807, 2.05) is 4.90 Å². The highest BCUT2D eigenvalue weighted by Gasteiger charge is 2.25. The summed E-state index contributed by atoms with van der Waals surface area (Å²) in [5, 5.41) is 2.73. The van der Waals surface area contributed by atoms with Gasteiger partial charge in [0.1, 0.15) is 5.82 Å². The largest absolute Gasteiger partial charge is 0.450 e.